The van der Waals surface area contributed by atoms with Gasteiger partial charge in [-0.3, -0.25) is 9.97 Å². The van der Waals surface area contributed by atoms with E-state index in [4.69, 9.17) is 5.73 Å². The Hall–Kier alpha value is -1.98. The molecule has 0 bridgehead atoms. The first-order chi connectivity index (χ1) is 6.74. The highest BCUT2D eigenvalue weighted by atomic mass is 15.4. The number of nitrogen functional groups attached to an aromatic ring is 1. The Bertz CT molecular complexity index is 418. The zero-order valence-electron chi connectivity index (χ0n) is 7.75. The third kappa shape index (κ3) is 1.85. The van der Waals surface area contributed by atoms with Crippen molar-refractivity contribution in [3.8, 4) is 0 Å². The van der Waals surface area contributed by atoms with Crippen LogP contribution in [0.4, 0.5) is 5.82 Å². The second kappa shape index (κ2) is 3.41. The minimum atomic E-state index is 0.407. The second-order valence-corrected chi connectivity index (χ2v) is 2.99. The zero-order chi connectivity index (χ0) is 9.97. The minimum absolute atomic E-state index is 0.407. The van der Waals surface area contributed by atoms with Gasteiger partial charge in [0.15, 0.2) is 5.82 Å². The van der Waals surface area contributed by atoms with Crippen LogP contribution in [0.3, 0.4) is 0 Å². The largest absolute Gasteiger partial charge is 0.381 e. The summed E-state index contributed by atoms with van der Waals surface area (Å²) >= 11 is 0. The van der Waals surface area contributed by atoms with Crippen molar-refractivity contribution < 1.29 is 0 Å². The van der Waals surface area contributed by atoms with Crippen LogP contribution in [0.15, 0.2) is 18.6 Å². The molecule has 0 radical (unpaired) electrons. The van der Waals surface area contributed by atoms with Gasteiger partial charge >= 0.3 is 0 Å². The maximum atomic E-state index is 5.43. The molecule has 0 aliphatic rings. The predicted molar refractivity (Wildman–Crippen MR) is 50.3 cm³/mol. The molecular formula is C8H10N6. The van der Waals surface area contributed by atoms with E-state index < -0.39 is 0 Å². The van der Waals surface area contributed by atoms with Gasteiger partial charge in [-0.25, -0.2) is 4.68 Å². The third-order valence-corrected chi connectivity index (χ3v) is 1.71. The Labute approximate surface area is 80.8 Å². The summed E-state index contributed by atoms with van der Waals surface area (Å²) in [7, 11) is 0. The molecule has 0 aromatic carbocycles. The number of hydrogen-bond acceptors (Lipinski definition) is 5. The van der Waals surface area contributed by atoms with E-state index in [2.05, 4.69) is 20.3 Å². The topological polar surface area (TPSA) is 82.5 Å². The first-order valence-electron chi connectivity index (χ1n) is 4.17. The molecule has 14 heavy (non-hydrogen) atoms. The lowest BCUT2D eigenvalue weighted by atomic mass is 10.4. The molecule has 72 valence electrons. The van der Waals surface area contributed by atoms with Gasteiger partial charge < -0.3 is 5.73 Å². The van der Waals surface area contributed by atoms with Crippen molar-refractivity contribution in [1.82, 2.24) is 25.0 Å². The summed E-state index contributed by atoms with van der Waals surface area (Å²) in [6.07, 6.45) is 5.09. The number of rotatable bonds is 2. The van der Waals surface area contributed by atoms with Crippen LogP contribution in [-0.4, -0.2) is 25.0 Å². The Balaban J connectivity index is 2.15. The first-order valence-corrected chi connectivity index (χ1v) is 4.17. The number of hydrogen-bond donors (Lipinski definition) is 1. The molecule has 2 N–H and O–H groups in total. The molecule has 6 nitrogen and oxygen atoms in total. The normalized spacial score (nSPS) is 10.4. The Morgan fingerprint density at radius 1 is 1.36 bits per heavy atom. The van der Waals surface area contributed by atoms with Gasteiger partial charge in [0.1, 0.15) is 0 Å². The van der Waals surface area contributed by atoms with E-state index in [-0.39, 0.29) is 0 Å². The van der Waals surface area contributed by atoms with Crippen LogP contribution in [0.1, 0.15) is 11.4 Å². The number of nitrogens with zero attached hydrogens (tertiary/aromatic N) is 5. The number of aryl methyl sites for hydroxylation is 1. The molecule has 0 aliphatic carbocycles. The smallest absolute Gasteiger partial charge is 0.165 e. The fraction of sp³-hybridized carbons (Fsp3) is 0.250. The summed E-state index contributed by atoms with van der Waals surface area (Å²) in [6.45, 7) is 2.43. The molecule has 2 rings (SSSR count). The molecule has 2 heterocycles. The average molecular weight is 190 g/mol. The van der Waals surface area contributed by atoms with Crippen molar-refractivity contribution in [3.63, 3.8) is 0 Å². The summed E-state index contributed by atoms with van der Waals surface area (Å²) in [5, 5.41) is 7.48. The van der Waals surface area contributed by atoms with E-state index in [0.29, 0.717) is 12.4 Å². The van der Waals surface area contributed by atoms with E-state index in [9.17, 15) is 0 Å². The Kier molecular flexibility index (Phi) is 2.10. The van der Waals surface area contributed by atoms with Crippen LogP contribution in [0.25, 0.3) is 0 Å². The molecule has 6 heteroatoms. The lowest BCUT2D eigenvalue weighted by Crippen LogP contribution is -2.03. The van der Waals surface area contributed by atoms with Crippen molar-refractivity contribution in [2.75, 3.05) is 5.73 Å². The average Bonchev–Trinajstić information content (AvgIpc) is 2.56. The Morgan fingerprint density at radius 2 is 2.21 bits per heavy atom. The number of nitrogens with two attached hydrogens (primary N) is 1. The predicted octanol–water partition coefficient (Wildman–Crippen LogP) is 0.00702. The molecule has 0 atom stereocenters. The van der Waals surface area contributed by atoms with E-state index in [1.165, 1.54) is 0 Å². The van der Waals surface area contributed by atoms with E-state index in [1.807, 2.05) is 6.92 Å². The van der Waals surface area contributed by atoms with Gasteiger partial charge in [-0.2, -0.15) is 0 Å². The van der Waals surface area contributed by atoms with Gasteiger partial charge in [0.2, 0.25) is 0 Å². The quantitative estimate of drug-likeness (QED) is 0.721. The van der Waals surface area contributed by atoms with Crippen LogP contribution < -0.4 is 5.73 Å². The lowest BCUT2D eigenvalue weighted by molar-refractivity contribution is 0.636. The standard InChI is InChI=1S/C8H10N6/c1-6-2-11-7(3-10-6)4-14-5-8(9)12-13-14/h2-3,5H,4,9H2,1H3. The van der Waals surface area contributed by atoms with Gasteiger partial charge in [0.25, 0.3) is 0 Å². The monoisotopic (exact) mass is 190 g/mol. The van der Waals surface area contributed by atoms with Gasteiger partial charge in [-0.05, 0) is 6.92 Å². The highest BCUT2D eigenvalue weighted by molar-refractivity contribution is 5.20. The molecule has 0 aliphatic heterocycles. The summed E-state index contributed by atoms with van der Waals surface area (Å²) < 4.78 is 1.62. The molecule has 0 fully saturated rings. The first kappa shape index (κ1) is 8.61. The van der Waals surface area contributed by atoms with Crippen LogP contribution in [0.5, 0.6) is 0 Å². The highest BCUT2D eigenvalue weighted by Crippen LogP contribution is 1.99. The van der Waals surface area contributed by atoms with Crippen molar-refractivity contribution in [3.05, 3.63) is 30.0 Å². The second-order valence-electron chi connectivity index (χ2n) is 2.99. The fourth-order valence-electron chi connectivity index (χ4n) is 1.06. The summed E-state index contributed by atoms with van der Waals surface area (Å²) in [5.41, 5.74) is 7.15. The molecule has 0 saturated heterocycles. The fourth-order valence-corrected chi connectivity index (χ4v) is 1.06. The van der Waals surface area contributed by atoms with Gasteiger partial charge in [-0.1, -0.05) is 5.21 Å². The number of anilines is 1. The number of aromatic nitrogens is 5. The lowest BCUT2D eigenvalue weighted by Gasteiger charge is -1.98. The van der Waals surface area contributed by atoms with E-state index in [0.717, 1.165) is 11.4 Å². The molecule has 0 saturated carbocycles. The van der Waals surface area contributed by atoms with E-state index >= 15 is 0 Å². The third-order valence-electron chi connectivity index (χ3n) is 1.71. The van der Waals surface area contributed by atoms with Gasteiger partial charge in [0.05, 0.1) is 30.3 Å². The van der Waals surface area contributed by atoms with Crippen LogP contribution >= 0.6 is 0 Å². The Morgan fingerprint density at radius 3 is 2.79 bits per heavy atom. The minimum Gasteiger partial charge on any atom is -0.381 e. The molecule has 2 aromatic rings. The summed E-state index contributed by atoms with van der Waals surface area (Å²) in [5.74, 6) is 0.407. The zero-order valence-corrected chi connectivity index (χ0v) is 7.75. The molecular weight excluding hydrogens is 180 g/mol. The maximum absolute atomic E-state index is 5.43. The maximum Gasteiger partial charge on any atom is 0.165 e. The summed E-state index contributed by atoms with van der Waals surface area (Å²) in [6, 6.07) is 0. The van der Waals surface area contributed by atoms with Crippen LogP contribution in [0, 0.1) is 6.92 Å². The van der Waals surface area contributed by atoms with Crippen LogP contribution in [0.2, 0.25) is 0 Å². The van der Waals surface area contributed by atoms with Gasteiger partial charge in [-0.15, -0.1) is 5.10 Å². The van der Waals surface area contributed by atoms with Crippen molar-refractivity contribution in [2.24, 2.45) is 0 Å². The van der Waals surface area contributed by atoms with E-state index in [1.54, 1.807) is 23.3 Å². The highest BCUT2D eigenvalue weighted by Gasteiger charge is 1.99. The van der Waals surface area contributed by atoms with Crippen molar-refractivity contribution in [2.45, 2.75) is 13.5 Å². The summed E-state index contributed by atoms with van der Waals surface area (Å²) in [4.78, 5) is 8.32. The molecule has 0 spiro atoms. The van der Waals surface area contributed by atoms with Crippen molar-refractivity contribution >= 4 is 5.82 Å². The van der Waals surface area contributed by atoms with Crippen molar-refractivity contribution in [1.29, 1.82) is 0 Å². The SMILES string of the molecule is Cc1cnc(Cn2cc(N)nn2)cn1. The van der Waals surface area contributed by atoms with Gasteiger partial charge in [0, 0.05) is 6.20 Å². The van der Waals surface area contributed by atoms with Crippen LogP contribution in [-0.2, 0) is 6.54 Å². The molecule has 0 unspecified atom stereocenters. The molecule has 0 amide bonds. The molecule has 2 aromatic heterocycles.